The minimum atomic E-state index is -0.165. The summed E-state index contributed by atoms with van der Waals surface area (Å²) in [6, 6.07) is 0. The summed E-state index contributed by atoms with van der Waals surface area (Å²) in [6.45, 7) is 12.2. The van der Waals surface area contributed by atoms with Crippen LogP contribution < -0.4 is 0 Å². The first-order valence-corrected chi connectivity index (χ1v) is 5.04. The van der Waals surface area contributed by atoms with Crippen molar-refractivity contribution < 1.29 is 5.11 Å². The van der Waals surface area contributed by atoms with Gasteiger partial charge in [0.15, 0.2) is 0 Å². The van der Waals surface area contributed by atoms with E-state index in [0.717, 1.165) is 11.3 Å². The van der Waals surface area contributed by atoms with E-state index in [1.54, 1.807) is 4.68 Å². The number of aromatic hydroxyl groups is 1. The summed E-state index contributed by atoms with van der Waals surface area (Å²) < 4.78 is 1.69. The van der Waals surface area contributed by atoms with Crippen LogP contribution in [0, 0.1) is 6.92 Å². The highest BCUT2D eigenvalue weighted by molar-refractivity contribution is 5.31. The number of nitrogens with zero attached hydrogens (tertiary/aromatic N) is 2. The first-order valence-electron chi connectivity index (χ1n) is 5.04. The molecule has 0 unspecified atom stereocenters. The Balaban J connectivity index is 3.29. The smallest absolute Gasteiger partial charge is 0.213 e. The van der Waals surface area contributed by atoms with Gasteiger partial charge in [0.05, 0.1) is 11.2 Å². The van der Waals surface area contributed by atoms with Crippen LogP contribution in [0.15, 0.2) is 0 Å². The lowest BCUT2D eigenvalue weighted by atomic mass is 10.1. The second-order valence-corrected chi connectivity index (χ2v) is 5.07. The van der Waals surface area contributed by atoms with Crippen molar-refractivity contribution in [1.29, 1.82) is 0 Å². The van der Waals surface area contributed by atoms with Crippen LogP contribution >= 0.6 is 0 Å². The monoisotopic (exact) mass is 196 g/mol. The van der Waals surface area contributed by atoms with Gasteiger partial charge in [-0.25, -0.2) is 4.68 Å². The SMILES string of the molecule is Cc1c(C(C)C)nn(C(C)(C)C)c1O. The normalized spacial score (nSPS) is 12.5. The lowest BCUT2D eigenvalue weighted by molar-refractivity contribution is 0.292. The topological polar surface area (TPSA) is 38.0 Å². The Labute approximate surface area is 85.8 Å². The van der Waals surface area contributed by atoms with Crippen LogP contribution in [0.25, 0.3) is 0 Å². The third-order valence-electron chi connectivity index (χ3n) is 2.31. The third kappa shape index (κ3) is 1.76. The molecule has 3 nitrogen and oxygen atoms in total. The van der Waals surface area contributed by atoms with Crippen molar-refractivity contribution in [1.82, 2.24) is 9.78 Å². The first-order chi connectivity index (χ1) is 6.25. The van der Waals surface area contributed by atoms with Gasteiger partial charge in [-0.2, -0.15) is 5.10 Å². The molecule has 0 atom stereocenters. The second-order valence-electron chi connectivity index (χ2n) is 5.07. The van der Waals surface area contributed by atoms with Gasteiger partial charge >= 0.3 is 0 Å². The zero-order chi connectivity index (χ0) is 11.1. The maximum atomic E-state index is 9.90. The van der Waals surface area contributed by atoms with Crippen molar-refractivity contribution in [3.8, 4) is 5.88 Å². The Bertz CT molecular complexity index is 332. The van der Waals surface area contributed by atoms with Crippen molar-refractivity contribution in [2.24, 2.45) is 0 Å². The van der Waals surface area contributed by atoms with Crippen molar-refractivity contribution >= 4 is 0 Å². The predicted octanol–water partition coefficient (Wildman–Crippen LogP) is 2.78. The van der Waals surface area contributed by atoms with E-state index in [0.29, 0.717) is 11.8 Å². The highest BCUT2D eigenvalue weighted by Gasteiger charge is 2.23. The van der Waals surface area contributed by atoms with Crippen molar-refractivity contribution in [3.05, 3.63) is 11.3 Å². The minimum absolute atomic E-state index is 0.165. The maximum Gasteiger partial charge on any atom is 0.213 e. The molecule has 0 amide bonds. The molecule has 1 heterocycles. The lowest BCUT2D eigenvalue weighted by Crippen LogP contribution is -2.22. The van der Waals surface area contributed by atoms with Gasteiger partial charge in [0.2, 0.25) is 5.88 Å². The van der Waals surface area contributed by atoms with Crippen LogP contribution in [-0.4, -0.2) is 14.9 Å². The summed E-state index contributed by atoms with van der Waals surface area (Å²) in [6.07, 6.45) is 0. The fourth-order valence-corrected chi connectivity index (χ4v) is 1.52. The number of rotatable bonds is 1. The molecule has 0 radical (unpaired) electrons. The molecule has 0 fully saturated rings. The average molecular weight is 196 g/mol. The van der Waals surface area contributed by atoms with Gasteiger partial charge in [-0.1, -0.05) is 13.8 Å². The fourth-order valence-electron chi connectivity index (χ4n) is 1.52. The summed E-state index contributed by atoms with van der Waals surface area (Å²) in [7, 11) is 0. The molecular formula is C11H20N2O. The highest BCUT2D eigenvalue weighted by atomic mass is 16.3. The zero-order valence-electron chi connectivity index (χ0n) is 9.92. The Hall–Kier alpha value is -0.990. The minimum Gasteiger partial charge on any atom is -0.493 e. The van der Waals surface area contributed by atoms with E-state index in [-0.39, 0.29) is 5.54 Å². The van der Waals surface area contributed by atoms with Gasteiger partial charge in [-0.3, -0.25) is 0 Å². The molecule has 0 aliphatic rings. The molecule has 1 rings (SSSR count). The maximum absolute atomic E-state index is 9.90. The van der Waals surface area contributed by atoms with E-state index >= 15 is 0 Å². The van der Waals surface area contributed by atoms with Gasteiger partial charge in [-0.05, 0) is 33.6 Å². The molecule has 0 saturated heterocycles. The molecule has 1 aromatic rings. The quantitative estimate of drug-likeness (QED) is 0.750. The Morgan fingerprint density at radius 1 is 1.29 bits per heavy atom. The van der Waals surface area contributed by atoms with Crippen molar-refractivity contribution in [3.63, 3.8) is 0 Å². The van der Waals surface area contributed by atoms with Crippen LogP contribution in [0.4, 0.5) is 0 Å². The van der Waals surface area contributed by atoms with Crippen LogP contribution in [0.2, 0.25) is 0 Å². The molecule has 0 aliphatic heterocycles. The van der Waals surface area contributed by atoms with E-state index in [1.165, 1.54) is 0 Å². The van der Waals surface area contributed by atoms with Gasteiger partial charge < -0.3 is 5.11 Å². The molecule has 1 aromatic heterocycles. The summed E-state index contributed by atoms with van der Waals surface area (Å²) in [5.41, 5.74) is 1.72. The standard InChI is InChI=1S/C11H20N2O/c1-7(2)9-8(3)10(14)13(12-9)11(4,5)6/h7,14H,1-6H3. The number of hydrogen-bond acceptors (Lipinski definition) is 2. The highest BCUT2D eigenvalue weighted by Crippen LogP contribution is 2.30. The van der Waals surface area contributed by atoms with Gasteiger partial charge in [-0.15, -0.1) is 0 Å². The summed E-state index contributed by atoms with van der Waals surface area (Å²) in [5.74, 6) is 0.644. The molecule has 14 heavy (non-hydrogen) atoms. The average Bonchev–Trinajstić information content (AvgIpc) is 2.28. The molecule has 0 aliphatic carbocycles. The fraction of sp³-hybridized carbons (Fsp3) is 0.727. The number of aromatic nitrogens is 2. The third-order valence-corrected chi connectivity index (χ3v) is 2.31. The van der Waals surface area contributed by atoms with E-state index < -0.39 is 0 Å². The van der Waals surface area contributed by atoms with Crippen molar-refractivity contribution in [2.45, 2.75) is 53.0 Å². The van der Waals surface area contributed by atoms with Crippen molar-refractivity contribution in [2.75, 3.05) is 0 Å². The molecule has 1 N–H and O–H groups in total. The lowest BCUT2D eigenvalue weighted by Gasteiger charge is -2.20. The molecule has 0 saturated carbocycles. The first kappa shape index (κ1) is 11.1. The summed E-state index contributed by atoms with van der Waals surface area (Å²) in [5, 5.41) is 14.4. The van der Waals surface area contributed by atoms with Gasteiger partial charge in [0.1, 0.15) is 0 Å². The van der Waals surface area contributed by atoms with E-state index in [4.69, 9.17) is 0 Å². The van der Waals surface area contributed by atoms with Crippen LogP contribution in [0.1, 0.15) is 51.8 Å². The molecule has 3 heteroatoms. The van der Waals surface area contributed by atoms with Crippen LogP contribution in [0.5, 0.6) is 5.88 Å². The Morgan fingerprint density at radius 3 is 2.00 bits per heavy atom. The van der Waals surface area contributed by atoms with E-state index in [9.17, 15) is 5.11 Å². The molecule has 0 aromatic carbocycles. The Morgan fingerprint density at radius 2 is 1.79 bits per heavy atom. The largest absolute Gasteiger partial charge is 0.493 e. The summed E-state index contributed by atoms with van der Waals surface area (Å²) in [4.78, 5) is 0. The van der Waals surface area contributed by atoms with E-state index in [1.807, 2.05) is 27.7 Å². The van der Waals surface area contributed by atoms with Gasteiger partial charge in [0.25, 0.3) is 0 Å². The van der Waals surface area contributed by atoms with Gasteiger partial charge in [0, 0.05) is 5.56 Å². The molecular weight excluding hydrogens is 176 g/mol. The Kier molecular flexibility index (Phi) is 2.61. The molecule has 0 bridgehead atoms. The number of hydrogen-bond donors (Lipinski definition) is 1. The molecule has 80 valence electrons. The van der Waals surface area contributed by atoms with Crippen LogP contribution in [-0.2, 0) is 5.54 Å². The summed E-state index contributed by atoms with van der Waals surface area (Å²) >= 11 is 0. The predicted molar refractivity (Wildman–Crippen MR) is 57.7 cm³/mol. The second kappa shape index (κ2) is 3.30. The zero-order valence-corrected chi connectivity index (χ0v) is 9.92. The van der Waals surface area contributed by atoms with E-state index in [2.05, 4.69) is 18.9 Å². The van der Waals surface area contributed by atoms with Crippen LogP contribution in [0.3, 0.4) is 0 Å². The molecule has 0 spiro atoms.